The summed E-state index contributed by atoms with van der Waals surface area (Å²) in [5.41, 5.74) is 0. The van der Waals surface area contributed by atoms with E-state index >= 15 is 0 Å². The summed E-state index contributed by atoms with van der Waals surface area (Å²) >= 11 is 3.56. The van der Waals surface area contributed by atoms with Gasteiger partial charge in [0.2, 0.25) is 0 Å². The number of likely N-dealkylation sites (tertiary alicyclic amines) is 1. The van der Waals surface area contributed by atoms with Crippen molar-refractivity contribution in [2.24, 2.45) is 0 Å². The Morgan fingerprint density at radius 2 is 1.81 bits per heavy atom. The molecule has 2 aliphatic heterocycles. The molecule has 3 fully saturated rings. The van der Waals surface area contributed by atoms with E-state index in [0.29, 0.717) is 5.92 Å². The van der Waals surface area contributed by atoms with Crippen LogP contribution in [0.4, 0.5) is 5.82 Å². The van der Waals surface area contributed by atoms with E-state index < -0.39 is 0 Å². The number of halogens is 1. The van der Waals surface area contributed by atoms with E-state index in [1.54, 1.807) is 0 Å². The van der Waals surface area contributed by atoms with E-state index in [1.807, 2.05) is 0 Å². The fraction of sp³-hybridized carbons (Fsp3) is 0.750. The smallest absolute Gasteiger partial charge is 0.135 e. The predicted octanol–water partition coefficient (Wildman–Crippen LogP) is 3.18. The maximum Gasteiger partial charge on any atom is 0.135 e. The van der Waals surface area contributed by atoms with Gasteiger partial charge in [0, 0.05) is 31.1 Å². The zero-order chi connectivity index (χ0) is 14.2. The van der Waals surface area contributed by atoms with Crippen LogP contribution >= 0.6 is 15.9 Å². The Hall–Kier alpha value is -0.680. The molecule has 21 heavy (non-hydrogen) atoms. The summed E-state index contributed by atoms with van der Waals surface area (Å²) in [4.78, 5) is 14.5. The lowest BCUT2D eigenvalue weighted by molar-refractivity contribution is 0.175. The van der Waals surface area contributed by atoms with Crippen molar-refractivity contribution in [1.82, 2.24) is 14.9 Å². The van der Waals surface area contributed by atoms with E-state index in [2.05, 4.69) is 36.8 Å². The fourth-order valence-electron chi connectivity index (χ4n) is 3.64. The molecule has 1 atom stereocenters. The quantitative estimate of drug-likeness (QED) is 0.783. The first-order chi connectivity index (χ1) is 10.3. The first kappa shape index (κ1) is 13.9. The largest absolute Gasteiger partial charge is 0.355 e. The summed E-state index contributed by atoms with van der Waals surface area (Å²) in [6, 6.07) is 2.81. The molecule has 1 unspecified atom stereocenters. The first-order valence-corrected chi connectivity index (χ1v) is 9.12. The molecule has 1 saturated carbocycles. The van der Waals surface area contributed by atoms with Crippen LogP contribution in [-0.4, -0.2) is 47.1 Å². The van der Waals surface area contributed by atoms with Crippen molar-refractivity contribution in [2.45, 2.75) is 50.5 Å². The summed E-state index contributed by atoms with van der Waals surface area (Å²) < 4.78 is 0.941. The Bertz CT molecular complexity index is 511. The third-order valence-electron chi connectivity index (χ3n) is 5.04. The predicted molar refractivity (Wildman–Crippen MR) is 87.7 cm³/mol. The van der Waals surface area contributed by atoms with Gasteiger partial charge in [-0.15, -0.1) is 0 Å². The molecule has 1 aromatic heterocycles. The summed E-state index contributed by atoms with van der Waals surface area (Å²) in [5.74, 6) is 2.78. The van der Waals surface area contributed by atoms with Crippen LogP contribution in [0.3, 0.4) is 0 Å². The van der Waals surface area contributed by atoms with Crippen LogP contribution in [-0.2, 0) is 0 Å². The second-order valence-corrected chi connectivity index (χ2v) is 7.48. The molecule has 0 bridgehead atoms. The number of anilines is 1. The van der Waals surface area contributed by atoms with Gasteiger partial charge in [-0.05, 0) is 61.1 Å². The lowest BCUT2D eigenvalue weighted by Gasteiger charge is -2.32. The number of aromatic nitrogens is 2. The topological polar surface area (TPSA) is 32.3 Å². The van der Waals surface area contributed by atoms with Crippen molar-refractivity contribution in [3.63, 3.8) is 0 Å². The van der Waals surface area contributed by atoms with E-state index in [4.69, 9.17) is 4.98 Å². The van der Waals surface area contributed by atoms with Crippen molar-refractivity contribution in [2.75, 3.05) is 31.1 Å². The summed E-state index contributed by atoms with van der Waals surface area (Å²) in [7, 11) is 0. The van der Waals surface area contributed by atoms with Crippen LogP contribution < -0.4 is 4.90 Å². The van der Waals surface area contributed by atoms with Crippen molar-refractivity contribution in [1.29, 1.82) is 0 Å². The molecule has 4 rings (SSSR count). The monoisotopic (exact) mass is 350 g/mol. The maximum atomic E-state index is 4.82. The second kappa shape index (κ2) is 5.84. The number of hydrogen-bond acceptors (Lipinski definition) is 4. The molecule has 5 heteroatoms. The van der Waals surface area contributed by atoms with Crippen LogP contribution in [0.15, 0.2) is 10.7 Å². The van der Waals surface area contributed by atoms with Crippen molar-refractivity contribution < 1.29 is 0 Å². The van der Waals surface area contributed by atoms with Gasteiger partial charge in [0.1, 0.15) is 16.2 Å². The molecule has 1 aromatic rings. The Kier molecular flexibility index (Phi) is 3.88. The summed E-state index contributed by atoms with van der Waals surface area (Å²) in [5, 5.41) is 0. The molecule has 0 amide bonds. The minimum absolute atomic E-state index is 0.613. The minimum Gasteiger partial charge on any atom is -0.355 e. The molecule has 3 heterocycles. The molecule has 3 aliphatic rings. The average Bonchev–Trinajstić information content (AvgIpc) is 3.24. The number of piperidine rings is 1. The van der Waals surface area contributed by atoms with Gasteiger partial charge in [-0.1, -0.05) is 6.42 Å². The molecular weight excluding hydrogens is 328 g/mol. The molecule has 0 aromatic carbocycles. The lowest BCUT2D eigenvalue weighted by Crippen LogP contribution is -2.41. The van der Waals surface area contributed by atoms with Crippen LogP contribution in [0.2, 0.25) is 0 Å². The van der Waals surface area contributed by atoms with Crippen LogP contribution in [0.25, 0.3) is 0 Å². The van der Waals surface area contributed by atoms with Gasteiger partial charge in [-0.2, -0.15) is 0 Å². The van der Waals surface area contributed by atoms with Crippen molar-refractivity contribution in [3.8, 4) is 0 Å². The summed E-state index contributed by atoms with van der Waals surface area (Å²) in [6.07, 6.45) is 7.96. The van der Waals surface area contributed by atoms with E-state index in [0.717, 1.165) is 35.4 Å². The average molecular weight is 351 g/mol. The van der Waals surface area contributed by atoms with Crippen LogP contribution in [0.5, 0.6) is 0 Å². The molecule has 1 aliphatic carbocycles. The number of nitrogens with zero attached hydrogens (tertiary/aromatic N) is 4. The van der Waals surface area contributed by atoms with Crippen molar-refractivity contribution >= 4 is 21.7 Å². The zero-order valence-electron chi connectivity index (χ0n) is 12.5. The molecule has 0 spiro atoms. The molecule has 2 saturated heterocycles. The van der Waals surface area contributed by atoms with Crippen molar-refractivity contribution in [3.05, 3.63) is 16.5 Å². The normalized spacial score (nSPS) is 27.3. The number of rotatable bonds is 3. The van der Waals surface area contributed by atoms with Gasteiger partial charge in [-0.3, -0.25) is 4.90 Å². The third-order valence-corrected chi connectivity index (χ3v) is 5.44. The van der Waals surface area contributed by atoms with Gasteiger partial charge >= 0.3 is 0 Å². The molecule has 114 valence electrons. The Morgan fingerprint density at radius 3 is 2.57 bits per heavy atom. The third kappa shape index (κ3) is 3.09. The molecule has 0 radical (unpaired) electrons. The van der Waals surface area contributed by atoms with Gasteiger partial charge in [0.05, 0.1) is 0 Å². The fourth-order valence-corrected chi connectivity index (χ4v) is 4.03. The lowest BCUT2D eigenvalue weighted by atomic mass is 10.1. The van der Waals surface area contributed by atoms with Crippen LogP contribution in [0, 0.1) is 0 Å². The Balaban J connectivity index is 1.47. The molecular formula is C16H23BrN4. The Morgan fingerprint density at radius 1 is 1.00 bits per heavy atom. The molecule has 0 N–H and O–H groups in total. The van der Waals surface area contributed by atoms with Gasteiger partial charge < -0.3 is 4.90 Å². The highest BCUT2D eigenvalue weighted by molar-refractivity contribution is 9.10. The maximum absolute atomic E-state index is 4.82. The first-order valence-electron chi connectivity index (χ1n) is 8.33. The standard InChI is InChI=1S/C16H23BrN4/c17-14-10-15(19-16(18-14)12-4-5-12)21-9-6-13(11-21)20-7-2-1-3-8-20/h10,12-13H,1-9,11H2. The zero-order valence-corrected chi connectivity index (χ0v) is 14.1. The van der Waals surface area contributed by atoms with Gasteiger partial charge in [-0.25, -0.2) is 9.97 Å². The van der Waals surface area contributed by atoms with E-state index in [-0.39, 0.29) is 0 Å². The van der Waals surface area contributed by atoms with E-state index in [1.165, 1.54) is 51.6 Å². The highest BCUT2D eigenvalue weighted by Crippen LogP contribution is 2.39. The Labute approximate surface area is 135 Å². The summed E-state index contributed by atoms with van der Waals surface area (Å²) in [6.45, 7) is 4.85. The SMILES string of the molecule is Brc1cc(N2CCC(N3CCCCC3)C2)nc(C2CC2)n1. The van der Waals surface area contributed by atoms with E-state index in [9.17, 15) is 0 Å². The van der Waals surface area contributed by atoms with Crippen LogP contribution in [0.1, 0.15) is 50.3 Å². The number of hydrogen-bond donors (Lipinski definition) is 0. The second-order valence-electron chi connectivity index (χ2n) is 6.67. The highest BCUT2D eigenvalue weighted by atomic mass is 79.9. The highest BCUT2D eigenvalue weighted by Gasteiger charge is 2.31. The minimum atomic E-state index is 0.613. The van der Waals surface area contributed by atoms with Gasteiger partial charge in [0.25, 0.3) is 0 Å². The van der Waals surface area contributed by atoms with Gasteiger partial charge in [0.15, 0.2) is 0 Å². The molecule has 4 nitrogen and oxygen atoms in total.